The van der Waals surface area contributed by atoms with Gasteiger partial charge in [0.25, 0.3) is 0 Å². The minimum atomic E-state index is -0.388. The topological polar surface area (TPSA) is 53.4 Å². The van der Waals surface area contributed by atoms with Crippen molar-refractivity contribution in [2.24, 2.45) is 0 Å². The first-order valence-electron chi connectivity index (χ1n) is 4.88. The highest BCUT2D eigenvalue weighted by atomic mass is 16.5. The summed E-state index contributed by atoms with van der Waals surface area (Å²) in [6.07, 6.45) is 3.28. The van der Waals surface area contributed by atoms with Crippen molar-refractivity contribution in [2.45, 2.75) is 19.9 Å². The molecule has 0 amide bonds. The Labute approximate surface area is 89.0 Å². The van der Waals surface area contributed by atoms with Gasteiger partial charge in [0.05, 0.1) is 25.6 Å². The molecule has 1 atom stereocenters. The SMILES string of the molecule is CCOC(=O)c1cn([C@@H](C)COC)cn1. The fraction of sp³-hybridized carbons (Fsp3) is 0.600. The fourth-order valence-electron chi connectivity index (χ4n) is 1.22. The van der Waals surface area contributed by atoms with Crippen LogP contribution >= 0.6 is 0 Å². The van der Waals surface area contributed by atoms with Gasteiger partial charge in [-0.3, -0.25) is 0 Å². The zero-order valence-electron chi connectivity index (χ0n) is 9.27. The van der Waals surface area contributed by atoms with E-state index < -0.39 is 0 Å². The van der Waals surface area contributed by atoms with Crippen molar-refractivity contribution in [1.82, 2.24) is 9.55 Å². The van der Waals surface area contributed by atoms with Crippen molar-refractivity contribution in [1.29, 1.82) is 0 Å². The lowest BCUT2D eigenvalue weighted by Gasteiger charge is -2.10. The predicted octanol–water partition coefficient (Wildman–Crippen LogP) is 1.27. The summed E-state index contributed by atoms with van der Waals surface area (Å²) >= 11 is 0. The van der Waals surface area contributed by atoms with Crippen molar-refractivity contribution < 1.29 is 14.3 Å². The van der Waals surface area contributed by atoms with Crippen LogP contribution in [0.25, 0.3) is 0 Å². The van der Waals surface area contributed by atoms with Crippen LogP contribution < -0.4 is 0 Å². The average molecular weight is 212 g/mol. The number of methoxy groups -OCH3 is 1. The van der Waals surface area contributed by atoms with Crippen LogP contribution in [0.2, 0.25) is 0 Å². The lowest BCUT2D eigenvalue weighted by Crippen LogP contribution is -2.09. The second-order valence-corrected chi connectivity index (χ2v) is 3.23. The van der Waals surface area contributed by atoms with E-state index in [0.29, 0.717) is 18.9 Å². The number of carbonyl (C=O) groups excluding carboxylic acids is 1. The minimum Gasteiger partial charge on any atom is -0.461 e. The summed E-state index contributed by atoms with van der Waals surface area (Å²) in [6.45, 7) is 4.69. The van der Waals surface area contributed by atoms with Gasteiger partial charge in [0.15, 0.2) is 5.69 Å². The molecule has 0 aliphatic rings. The van der Waals surface area contributed by atoms with Gasteiger partial charge in [-0.25, -0.2) is 9.78 Å². The first-order valence-corrected chi connectivity index (χ1v) is 4.88. The molecule has 5 heteroatoms. The van der Waals surface area contributed by atoms with E-state index in [1.807, 2.05) is 11.5 Å². The lowest BCUT2D eigenvalue weighted by molar-refractivity contribution is 0.0520. The quantitative estimate of drug-likeness (QED) is 0.690. The second kappa shape index (κ2) is 5.50. The molecule has 0 saturated carbocycles. The molecule has 0 N–H and O–H groups in total. The maximum Gasteiger partial charge on any atom is 0.358 e. The van der Waals surface area contributed by atoms with Gasteiger partial charge in [-0.05, 0) is 13.8 Å². The summed E-state index contributed by atoms with van der Waals surface area (Å²) in [5, 5.41) is 0. The molecule has 0 fully saturated rings. The molecular formula is C10H16N2O3. The van der Waals surface area contributed by atoms with Gasteiger partial charge in [-0.2, -0.15) is 0 Å². The van der Waals surface area contributed by atoms with Crippen molar-refractivity contribution in [3.63, 3.8) is 0 Å². The number of carbonyl (C=O) groups is 1. The molecular weight excluding hydrogens is 196 g/mol. The number of hydrogen-bond acceptors (Lipinski definition) is 4. The van der Waals surface area contributed by atoms with Crippen molar-refractivity contribution in [3.05, 3.63) is 18.2 Å². The van der Waals surface area contributed by atoms with Crippen molar-refractivity contribution in [2.75, 3.05) is 20.3 Å². The van der Waals surface area contributed by atoms with E-state index in [-0.39, 0.29) is 12.0 Å². The number of hydrogen-bond donors (Lipinski definition) is 0. The monoisotopic (exact) mass is 212 g/mol. The van der Waals surface area contributed by atoms with E-state index in [4.69, 9.17) is 9.47 Å². The molecule has 1 aromatic heterocycles. The molecule has 0 aromatic carbocycles. The second-order valence-electron chi connectivity index (χ2n) is 3.23. The standard InChI is InChI=1S/C10H16N2O3/c1-4-15-10(13)9-5-12(7-11-9)8(2)6-14-3/h5,7-8H,4,6H2,1-3H3/t8-/m0/s1. The first kappa shape index (κ1) is 11.7. The van der Waals surface area contributed by atoms with E-state index >= 15 is 0 Å². The smallest absolute Gasteiger partial charge is 0.358 e. The summed E-state index contributed by atoms with van der Waals surface area (Å²) in [7, 11) is 1.64. The van der Waals surface area contributed by atoms with Gasteiger partial charge >= 0.3 is 5.97 Å². The maximum absolute atomic E-state index is 11.3. The Bertz CT molecular complexity index is 322. The highest BCUT2D eigenvalue weighted by molar-refractivity contribution is 5.86. The van der Waals surface area contributed by atoms with Crippen LogP contribution in [0.1, 0.15) is 30.4 Å². The summed E-state index contributed by atoms with van der Waals surface area (Å²) in [5.74, 6) is -0.388. The Morgan fingerprint density at radius 3 is 3.00 bits per heavy atom. The van der Waals surface area contributed by atoms with E-state index in [1.165, 1.54) is 0 Å². The average Bonchev–Trinajstić information content (AvgIpc) is 2.67. The van der Waals surface area contributed by atoms with E-state index in [2.05, 4.69) is 4.98 Å². The molecule has 1 rings (SSSR count). The van der Waals surface area contributed by atoms with Crippen LogP contribution in [0, 0.1) is 0 Å². The molecule has 0 aliphatic carbocycles. The third kappa shape index (κ3) is 3.06. The van der Waals surface area contributed by atoms with Crippen LogP contribution in [-0.4, -0.2) is 35.8 Å². The number of rotatable bonds is 5. The molecule has 0 bridgehead atoms. The molecule has 15 heavy (non-hydrogen) atoms. The zero-order valence-corrected chi connectivity index (χ0v) is 9.27. The normalized spacial score (nSPS) is 12.5. The summed E-state index contributed by atoms with van der Waals surface area (Å²) in [6, 6.07) is 0.158. The molecule has 84 valence electrons. The predicted molar refractivity (Wildman–Crippen MR) is 54.8 cm³/mol. The minimum absolute atomic E-state index is 0.158. The molecule has 0 unspecified atom stereocenters. The van der Waals surface area contributed by atoms with Gasteiger partial charge in [0.2, 0.25) is 0 Å². The Morgan fingerprint density at radius 2 is 2.40 bits per heavy atom. The first-order chi connectivity index (χ1) is 7.19. The third-order valence-electron chi connectivity index (χ3n) is 2.00. The Kier molecular flexibility index (Phi) is 4.30. The van der Waals surface area contributed by atoms with Gasteiger partial charge < -0.3 is 14.0 Å². The van der Waals surface area contributed by atoms with Crippen LogP contribution in [0.4, 0.5) is 0 Å². The van der Waals surface area contributed by atoms with Crippen LogP contribution in [0.15, 0.2) is 12.5 Å². The molecule has 5 nitrogen and oxygen atoms in total. The molecule has 0 aliphatic heterocycles. The molecule has 0 saturated heterocycles. The van der Waals surface area contributed by atoms with Gasteiger partial charge in [-0.1, -0.05) is 0 Å². The van der Waals surface area contributed by atoms with Gasteiger partial charge in [0.1, 0.15) is 0 Å². The number of esters is 1. The van der Waals surface area contributed by atoms with Gasteiger partial charge in [-0.15, -0.1) is 0 Å². The molecule has 1 heterocycles. The summed E-state index contributed by atoms with van der Waals surface area (Å²) in [5.41, 5.74) is 0.333. The maximum atomic E-state index is 11.3. The van der Waals surface area contributed by atoms with Gasteiger partial charge in [0, 0.05) is 13.3 Å². The Morgan fingerprint density at radius 1 is 1.67 bits per heavy atom. The highest BCUT2D eigenvalue weighted by Gasteiger charge is 2.12. The number of ether oxygens (including phenoxy) is 2. The third-order valence-corrected chi connectivity index (χ3v) is 2.00. The summed E-state index contributed by atoms with van der Waals surface area (Å²) in [4.78, 5) is 15.3. The van der Waals surface area contributed by atoms with E-state index in [9.17, 15) is 4.79 Å². The molecule has 1 aromatic rings. The number of imidazole rings is 1. The van der Waals surface area contributed by atoms with E-state index in [1.54, 1.807) is 26.6 Å². The fourth-order valence-corrected chi connectivity index (χ4v) is 1.22. The lowest BCUT2D eigenvalue weighted by atomic mass is 10.3. The van der Waals surface area contributed by atoms with Crippen LogP contribution in [0.3, 0.4) is 0 Å². The van der Waals surface area contributed by atoms with Crippen LogP contribution in [0.5, 0.6) is 0 Å². The number of aromatic nitrogens is 2. The number of nitrogens with zero attached hydrogens (tertiary/aromatic N) is 2. The van der Waals surface area contributed by atoms with Crippen molar-refractivity contribution in [3.8, 4) is 0 Å². The Hall–Kier alpha value is -1.36. The zero-order chi connectivity index (χ0) is 11.3. The Balaban J connectivity index is 2.67. The van der Waals surface area contributed by atoms with Crippen molar-refractivity contribution >= 4 is 5.97 Å². The molecule has 0 spiro atoms. The largest absolute Gasteiger partial charge is 0.461 e. The summed E-state index contributed by atoms with van der Waals surface area (Å²) < 4.78 is 11.7. The van der Waals surface area contributed by atoms with Crippen LogP contribution in [-0.2, 0) is 9.47 Å². The van der Waals surface area contributed by atoms with E-state index in [0.717, 1.165) is 0 Å². The molecule has 0 radical (unpaired) electrons. The highest BCUT2D eigenvalue weighted by Crippen LogP contribution is 2.07.